The molecule has 0 unspecified atom stereocenters. The summed E-state index contributed by atoms with van der Waals surface area (Å²) in [5, 5.41) is 6.26. The maximum Gasteiger partial charge on any atom is 0.410 e. The van der Waals surface area contributed by atoms with Gasteiger partial charge in [-0.1, -0.05) is 0 Å². The van der Waals surface area contributed by atoms with Crippen molar-refractivity contribution in [3.05, 3.63) is 30.1 Å². The van der Waals surface area contributed by atoms with Crippen molar-refractivity contribution < 1.29 is 27.4 Å². The number of aromatic nitrogens is 2. The van der Waals surface area contributed by atoms with Crippen LogP contribution < -0.4 is 20.1 Å². The van der Waals surface area contributed by atoms with Gasteiger partial charge in [0.25, 0.3) is 0 Å². The van der Waals surface area contributed by atoms with Crippen LogP contribution in [-0.4, -0.2) is 80.3 Å². The molecule has 0 spiro atoms. The van der Waals surface area contributed by atoms with Crippen molar-refractivity contribution in [1.82, 2.24) is 14.9 Å². The normalized spacial score (nSPS) is 14.4. The second kappa shape index (κ2) is 12.1. The zero-order chi connectivity index (χ0) is 26.3. The molecule has 3 heterocycles. The highest BCUT2D eigenvalue weighted by Gasteiger charge is 2.26. The van der Waals surface area contributed by atoms with Crippen molar-refractivity contribution in [2.24, 2.45) is 0 Å². The Labute approximate surface area is 212 Å². The zero-order valence-electron chi connectivity index (χ0n) is 21.4. The highest BCUT2D eigenvalue weighted by molar-refractivity contribution is 7.90. The second-order valence-corrected chi connectivity index (χ2v) is 11.2. The summed E-state index contributed by atoms with van der Waals surface area (Å²) in [5.74, 6) is 2.12. The summed E-state index contributed by atoms with van der Waals surface area (Å²) in [4.78, 5) is 22.7. The largest absolute Gasteiger partial charge is 0.490 e. The Morgan fingerprint density at radius 3 is 2.56 bits per heavy atom. The van der Waals surface area contributed by atoms with Crippen LogP contribution in [0.4, 0.5) is 22.1 Å². The lowest BCUT2D eigenvalue weighted by molar-refractivity contribution is 0.0511. The van der Waals surface area contributed by atoms with Crippen molar-refractivity contribution in [3.63, 3.8) is 0 Å². The number of aryl methyl sites for hydroxylation is 1. The fourth-order valence-corrected chi connectivity index (χ4v) is 4.18. The fraction of sp³-hybridized carbons (Fsp3) is 0.542. The lowest BCUT2D eigenvalue weighted by atomic mass is 10.1. The summed E-state index contributed by atoms with van der Waals surface area (Å²) in [6.07, 6.45) is 3.68. The van der Waals surface area contributed by atoms with Crippen LogP contribution in [0.25, 0.3) is 0 Å². The Hall–Kier alpha value is -3.28. The number of carbonyl (C=O) groups is 1. The number of nitrogens with zero attached hydrogens (tertiary/aromatic N) is 3. The molecule has 12 heteroatoms. The number of pyridine rings is 2. The van der Waals surface area contributed by atoms with Crippen molar-refractivity contribution in [2.45, 2.75) is 45.8 Å². The van der Waals surface area contributed by atoms with Gasteiger partial charge < -0.3 is 29.7 Å². The van der Waals surface area contributed by atoms with E-state index in [2.05, 4.69) is 20.6 Å². The molecule has 1 saturated heterocycles. The molecular weight excluding hydrogens is 486 g/mol. The third-order valence-corrected chi connectivity index (χ3v) is 6.47. The van der Waals surface area contributed by atoms with Gasteiger partial charge in [0.15, 0.2) is 11.6 Å². The predicted molar refractivity (Wildman–Crippen MR) is 138 cm³/mol. The number of amides is 1. The van der Waals surface area contributed by atoms with Crippen LogP contribution in [0.15, 0.2) is 24.4 Å². The predicted octanol–water partition coefficient (Wildman–Crippen LogP) is 3.38. The molecule has 1 aliphatic heterocycles. The van der Waals surface area contributed by atoms with Crippen LogP contribution in [0.1, 0.15) is 32.4 Å². The van der Waals surface area contributed by atoms with E-state index in [1.165, 1.54) is 6.26 Å². The molecule has 1 fully saturated rings. The van der Waals surface area contributed by atoms with Gasteiger partial charge in [-0.05, 0) is 32.9 Å². The minimum absolute atomic E-state index is 0.0305. The molecule has 0 aliphatic carbocycles. The smallest absolute Gasteiger partial charge is 0.410 e. The van der Waals surface area contributed by atoms with Gasteiger partial charge in [0.05, 0.1) is 30.3 Å². The molecule has 3 rings (SSSR count). The van der Waals surface area contributed by atoms with Crippen LogP contribution in [-0.2, 0) is 14.6 Å². The van der Waals surface area contributed by atoms with Crippen LogP contribution in [0.5, 0.6) is 11.5 Å². The summed E-state index contributed by atoms with van der Waals surface area (Å²) >= 11 is 0. The van der Waals surface area contributed by atoms with Crippen LogP contribution in [0, 0.1) is 6.92 Å². The molecule has 2 aromatic heterocycles. The maximum absolute atomic E-state index is 12.1. The molecule has 2 aromatic rings. The highest BCUT2D eigenvalue weighted by Crippen LogP contribution is 2.37. The van der Waals surface area contributed by atoms with E-state index in [9.17, 15) is 13.2 Å². The van der Waals surface area contributed by atoms with Gasteiger partial charge in [-0.15, -0.1) is 0 Å². The molecule has 198 valence electrons. The lowest BCUT2D eigenvalue weighted by Gasteiger charge is -2.32. The van der Waals surface area contributed by atoms with Gasteiger partial charge in [-0.25, -0.2) is 23.2 Å². The van der Waals surface area contributed by atoms with Gasteiger partial charge in [0.2, 0.25) is 5.75 Å². The number of carbonyl (C=O) groups excluding carboxylic acids is 1. The van der Waals surface area contributed by atoms with E-state index < -0.39 is 9.84 Å². The Bertz CT molecular complexity index is 1150. The third kappa shape index (κ3) is 7.87. The molecular formula is C24H35N5O6S. The number of methoxy groups -OCH3 is 1. The van der Waals surface area contributed by atoms with Gasteiger partial charge in [0.1, 0.15) is 21.8 Å². The first kappa shape index (κ1) is 27.3. The first-order valence-corrected chi connectivity index (χ1v) is 13.9. The third-order valence-electron chi connectivity index (χ3n) is 5.52. The van der Waals surface area contributed by atoms with Crippen molar-refractivity contribution in [1.29, 1.82) is 0 Å². The number of hydrogen-bond donors (Lipinski definition) is 2. The van der Waals surface area contributed by atoms with E-state index >= 15 is 0 Å². The molecule has 36 heavy (non-hydrogen) atoms. The number of sulfone groups is 1. The Morgan fingerprint density at radius 2 is 1.94 bits per heavy atom. The minimum atomic E-state index is -3.05. The summed E-state index contributed by atoms with van der Waals surface area (Å²) < 4.78 is 39.8. The van der Waals surface area contributed by atoms with Crippen LogP contribution >= 0.6 is 0 Å². The molecule has 1 amide bonds. The van der Waals surface area contributed by atoms with E-state index in [0.29, 0.717) is 54.8 Å². The number of likely N-dealkylation sites (tertiary alicyclic amines) is 1. The summed E-state index contributed by atoms with van der Waals surface area (Å²) in [5.41, 5.74) is 1.43. The summed E-state index contributed by atoms with van der Waals surface area (Å²) in [7, 11) is -1.49. The maximum atomic E-state index is 12.1. The number of anilines is 3. The fourth-order valence-electron chi connectivity index (χ4n) is 3.71. The first-order valence-electron chi connectivity index (χ1n) is 11.9. The van der Waals surface area contributed by atoms with Crippen molar-refractivity contribution in [3.8, 4) is 11.5 Å². The van der Waals surface area contributed by atoms with E-state index in [-0.39, 0.29) is 30.6 Å². The number of nitrogens with one attached hydrogen (secondary N) is 2. The average Bonchev–Trinajstić information content (AvgIpc) is 2.80. The number of hydrogen-bond acceptors (Lipinski definition) is 10. The molecule has 1 aliphatic rings. The van der Waals surface area contributed by atoms with E-state index in [0.717, 1.165) is 5.69 Å². The van der Waals surface area contributed by atoms with Gasteiger partial charge in [0, 0.05) is 51.0 Å². The van der Waals surface area contributed by atoms with Gasteiger partial charge in [-0.3, -0.25) is 0 Å². The molecule has 0 bridgehead atoms. The first-order chi connectivity index (χ1) is 17.1. The molecule has 0 radical (unpaired) electrons. The summed E-state index contributed by atoms with van der Waals surface area (Å²) in [6.45, 7) is 6.91. The molecule has 0 aromatic carbocycles. The minimum Gasteiger partial charge on any atom is -0.490 e. The highest BCUT2D eigenvalue weighted by atomic mass is 32.2. The number of ether oxygens (including phenoxy) is 3. The van der Waals surface area contributed by atoms with Crippen molar-refractivity contribution in [2.75, 3.05) is 49.4 Å². The van der Waals surface area contributed by atoms with Crippen molar-refractivity contribution >= 4 is 33.3 Å². The zero-order valence-corrected chi connectivity index (χ0v) is 22.2. The quantitative estimate of drug-likeness (QED) is 0.479. The molecule has 2 N–H and O–H groups in total. The second-order valence-electron chi connectivity index (χ2n) is 8.94. The van der Waals surface area contributed by atoms with E-state index in [1.807, 2.05) is 26.8 Å². The number of piperidine rings is 1. The van der Waals surface area contributed by atoms with Gasteiger partial charge in [-0.2, -0.15) is 0 Å². The standard InChI is InChI=1S/C24H35N5O6S/c1-16(2)34-24(30)29-13-9-18(10-14-29)35-20-8-11-26-23(22(20)33-4)28-19-6-7-21(27-17(19)3)25-12-15-36(5,31)32/h6-8,11,16,18H,9-10,12-15H2,1-5H3,(H,25,27)(H,26,28). The average molecular weight is 522 g/mol. The van der Waals surface area contributed by atoms with Gasteiger partial charge >= 0.3 is 6.09 Å². The Kier molecular flexibility index (Phi) is 9.19. The molecule has 0 saturated carbocycles. The topological polar surface area (TPSA) is 132 Å². The van der Waals surface area contributed by atoms with E-state index in [4.69, 9.17) is 14.2 Å². The van der Waals surface area contributed by atoms with Crippen LogP contribution in [0.2, 0.25) is 0 Å². The Morgan fingerprint density at radius 1 is 1.22 bits per heavy atom. The monoisotopic (exact) mass is 521 g/mol. The van der Waals surface area contributed by atoms with E-state index in [1.54, 1.807) is 30.3 Å². The Balaban J connectivity index is 1.64. The summed E-state index contributed by atoms with van der Waals surface area (Å²) in [6, 6.07) is 5.36. The lowest BCUT2D eigenvalue weighted by Crippen LogP contribution is -2.42. The SMILES string of the molecule is COc1c(OC2CCN(C(=O)OC(C)C)CC2)ccnc1Nc1ccc(NCCS(C)(=O)=O)nc1C. The molecule has 0 atom stereocenters. The van der Waals surface area contributed by atoms with Crippen LogP contribution in [0.3, 0.4) is 0 Å². The number of rotatable bonds is 10. The molecule has 11 nitrogen and oxygen atoms in total.